The van der Waals surface area contributed by atoms with Gasteiger partial charge in [0, 0.05) is 48.9 Å². The Bertz CT molecular complexity index is 659. The van der Waals surface area contributed by atoms with Crippen molar-refractivity contribution in [1.29, 1.82) is 0 Å². The van der Waals surface area contributed by atoms with E-state index in [4.69, 9.17) is 5.73 Å². The number of rotatable bonds is 4. The van der Waals surface area contributed by atoms with Crippen molar-refractivity contribution in [2.45, 2.75) is 0 Å². The summed E-state index contributed by atoms with van der Waals surface area (Å²) in [6.07, 6.45) is 1.74. The van der Waals surface area contributed by atoms with Gasteiger partial charge in [0.05, 0.1) is 11.2 Å². The molecule has 1 aromatic heterocycles. The van der Waals surface area contributed by atoms with E-state index in [1.165, 1.54) is 4.90 Å². The molecule has 0 unspecified atom stereocenters. The zero-order valence-corrected chi connectivity index (χ0v) is 13.6. The van der Waals surface area contributed by atoms with Crippen LogP contribution >= 0.6 is 15.9 Å². The first-order chi connectivity index (χ1) is 9.99. The van der Waals surface area contributed by atoms with E-state index >= 15 is 0 Å². The van der Waals surface area contributed by atoms with Gasteiger partial charge in [-0.2, -0.15) is 0 Å². The van der Waals surface area contributed by atoms with Gasteiger partial charge in [-0.3, -0.25) is 4.98 Å². The first kappa shape index (κ1) is 15.4. The number of urea groups is 1. The standard InChI is InChI=1S/C14H18BrN5O/c1-20(2)14(21)18-6-5-17-12-4-3-11(16)10-7-9(15)8-19-13(10)12/h3-4,7-8,17H,5-6,16H2,1-2H3,(H,18,21). The summed E-state index contributed by atoms with van der Waals surface area (Å²) >= 11 is 3.39. The van der Waals surface area contributed by atoms with Crippen LogP contribution in [0.25, 0.3) is 10.9 Å². The van der Waals surface area contributed by atoms with Crippen molar-refractivity contribution in [3.8, 4) is 0 Å². The molecule has 0 aliphatic heterocycles. The van der Waals surface area contributed by atoms with Gasteiger partial charge in [0.25, 0.3) is 0 Å². The van der Waals surface area contributed by atoms with Crippen LogP contribution < -0.4 is 16.4 Å². The third-order valence-electron chi connectivity index (χ3n) is 2.97. The fraction of sp³-hybridized carbons (Fsp3) is 0.286. The number of carbonyl (C=O) groups is 1. The van der Waals surface area contributed by atoms with Gasteiger partial charge in [-0.1, -0.05) is 0 Å². The number of aromatic nitrogens is 1. The second-order valence-corrected chi connectivity index (χ2v) is 5.72. The summed E-state index contributed by atoms with van der Waals surface area (Å²) in [6.45, 7) is 1.13. The van der Waals surface area contributed by atoms with Crippen LogP contribution in [0, 0.1) is 0 Å². The predicted molar refractivity (Wildman–Crippen MR) is 89.4 cm³/mol. The number of carbonyl (C=O) groups excluding carboxylic acids is 1. The normalized spacial score (nSPS) is 10.4. The molecule has 6 nitrogen and oxygen atoms in total. The second-order valence-electron chi connectivity index (χ2n) is 4.81. The average molecular weight is 352 g/mol. The largest absolute Gasteiger partial charge is 0.398 e. The maximum Gasteiger partial charge on any atom is 0.316 e. The molecule has 0 saturated carbocycles. The molecule has 0 aliphatic rings. The van der Waals surface area contributed by atoms with E-state index in [2.05, 4.69) is 31.5 Å². The molecule has 0 aliphatic carbocycles. The number of nitrogen functional groups attached to an aromatic ring is 1. The first-order valence-electron chi connectivity index (χ1n) is 6.52. The zero-order chi connectivity index (χ0) is 15.4. The van der Waals surface area contributed by atoms with Crippen LogP contribution in [0.15, 0.2) is 28.9 Å². The third kappa shape index (κ3) is 3.75. The van der Waals surface area contributed by atoms with Crippen LogP contribution in [0.1, 0.15) is 0 Å². The van der Waals surface area contributed by atoms with Crippen LogP contribution in [0.3, 0.4) is 0 Å². The number of amides is 2. The topological polar surface area (TPSA) is 83.3 Å². The summed E-state index contributed by atoms with van der Waals surface area (Å²) in [6, 6.07) is 5.57. The Labute approximate surface area is 131 Å². The number of anilines is 2. The number of fused-ring (bicyclic) bond motifs is 1. The van der Waals surface area contributed by atoms with Crippen LogP contribution in [0.5, 0.6) is 0 Å². The molecule has 0 radical (unpaired) electrons. The summed E-state index contributed by atoms with van der Waals surface area (Å²) in [5, 5.41) is 6.95. The summed E-state index contributed by atoms with van der Waals surface area (Å²) in [4.78, 5) is 17.3. The summed E-state index contributed by atoms with van der Waals surface area (Å²) in [5.74, 6) is 0. The van der Waals surface area contributed by atoms with Crippen molar-refractivity contribution in [3.63, 3.8) is 0 Å². The molecular weight excluding hydrogens is 334 g/mol. The lowest BCUT2D eigenvalue weighted by Crippen LogP contribution is -2.37. The van der Waals surface area contributed by atoms with E-state index in [0.29, 0.717) is 18.8 Å². The van der Waals surface area contributed by atoms with Crippen molar-refractivity contribution in [2.75, 3.05) is 38.2 Å². The van der Waals surface area contributed by atoms with E-state index in [1.807, 2.05) is 18.2 Å². The molecule has 0 fully saturated rings. The predicted octanol–water partition coefficient (Wildman–Crippen LogP) is 2.26. The zero-order valence-electron chi connectivity index (χ0n) is 12.0. The van der Waals surface area contributed by atoms with Gasteiger partial charge < -0.3 is 21.3 Å². The Kier molecular flexibility index (Phi) is 4.85. The highest BCUT2D eigenvalue weighted by Gasteiger charge is 2.06. The van der Waals surface area contributed by atoms with Crippen LogP contribution in [0.2, 0.25) is 0 Å². The number of nitrogens with two attached hydrogens (primary N) is 1. The Hall–Kier alpha value is -2.02. The third-order valence-corrected chi connectivity index (χ3v) is 3.41. The van der Waals surface area contributed by atoms with E-state index in [-0.39, 0.29) is 6.03 Å². The first-order valence-corrected chi connectivity index (χ1v) is 7.31. The Morgan fingerprint density at radius 2 is 2.14 bits per heavy atom. The molecule has 21 heavy (non-hydrogen) atoms. The molecule has 0 bridgehead atoms. The van der Waals surface area contributed by atoms with E-state index in [1.54, 1.807) is 20.3 Å². The van der Waals surface area contributed by atoms with Crippen molar-refractivity contribution in [3.05, 3.63) is 28.9 Å². The highest BCUT2D eigenvalue weighted by atomic mass is 79.9. The number of nitrogens with one attached hydrogen (secondary N) is 2. The minimum Gasteiger partial charge on any atom is -0.398 e. The van der Waals surface area contributed by atoms with Crippen LogP contribution in [-0.4, -0.2) is 43.1 Å². The molecule has 7 heteroatoms. The monoisotopic (exact) mass is 351 g/mol. The second kappa shape index (κ2) is 6.62. The maximum atomic E-state index is 11.4. The van der Waals surface area contributed by atoms with Crippen LogP contribution in [0.4, 0.5) is 16.2 Å². The molecular formula is C14H18BrN5O. The van der Waals surface area contributed by atoms with E-state index < -0.39 is 0 Å². The summed E-state index contributed by atoms with van der Waals surface area (Å²) < 4.78 is 0.886. The Morgan fingerprint density at radius 3 is 2.86 bits per heavy atom. The van der Waals surface area contributed by atoms with E-state index in [9.17, 15) is 4.79 Å². The minimum atomic E-state index is -0.110. The smallest absolute Gasteiger partial charge is 0.316 e. The molecule has 1 heterocycles. The fourth-order valence-electron chi connectivity index (χ4n) is 1.88. The number of hydrogen-bond donors (Lipinski definition) is 3. The highest BCUT2D eigenvalue weighted by Crippen LogP contribution is 2.28. The lowest BCUT2D eigenvalue weighted by Gasteiger charge is -2.14. The molecule has 1 aromatic carbocycles. The molecule has 0 saturated heterocycles. The Morgan fingerprint density at radius 1 is 1.38 bits per heavy atom. The molecule has 0 spiro atoms. The average Bonchev–Trinajstić information content (AvgIpc) is 2.45. The maximum absolute atomic E-state index is 11.4. The van der Waals surface area contributed by atoms with Gasteiger partial charge in [-0.25, -0.2) is 4.79 Å². The van der Waals surface area contributed by atoms with Crippen molar-refractivity contribution in [1.82, 2.24) is 15.2 Å². The fourth-order valence-corrected chi connectivity index (χ4v) is 2.21. The molecule has 0 atom stereocenters. The van der Waals surface area contributed by atoms with Gasteiger partial charge in [-0.15, -0.1) is 0 Å². The summed E-state index contributed by atoms with van der Waals surface area (Å²) in [7, 11) is 3.41. The minimum absolute atomic E-state index is 0.110. The number of hydrogen-bond acceptors (Lipinski definition) is 4. The van der Waals surface area contributed by atoms with Crippen LogP contribution in [-0.2, 0) is 0 Å². The molecule has 2 rings (SSSR count). The SMILES string of the molecule is CN(C)C(=O)NCCNc1ccc(N)c2cc(Br)cnc12. The number of halogens is 1. The quantitative estimate of drug-likeness (QED) is 0.582. The lowest BCUT2D eigenvalue weighted by atomic mass is 10.1. The highest BCUT2D eigenvalue weighted by molar-refractivity contribution is 9.10. The molecule has 2 amide bonds. The van der Waals surface area contributed by atoms with Crippen molar-refractivity contribution < 1.29 is 4.79 Å². The van der Waals surface area contributed by atoms with Gasteiger partial charge in [0.15, 0.2) is 0 Å². The van der Waals surface area contributed by atoms with Gasteiger partial charge in [0.1, 0.15) is 0 Å². The van der Waals surface area contributed by atoms with Gasteiger partial charge in [-0.05, 0) is 34.1 Å². The molecule has 2 aromatic rings. The number of benzene rings is 1. The summed E-state index contributed by atoms with van der Waals surface area (Å²) in [5.41, 5.74) is 8.37. The molecule has 112 valence electrons. The van der Waals surface area contributed by atoms with Crippen molar-refractivity contribution >= 4 is 44.2 Å². The lowest BCUT2D eigenvalue weighted by molar-refractivity contribution is 0.218. The van der Waals surface area contributed by atoms with Gasteiger partial charge in [0.2, 0.25) is 0 Å². The number of pyridine rings is 1. The Balaban J connectivity index is 2.06. The van der Waals surface area contributed by atoms with Crippen molar-refractivity contribution in [2.24, 2.45) is 0 Å². The van der Waals surface area contributed by atoms with Gasteiger partial charge >= 0.3 is 6.03 Å². The van der Waals surface area contributed by atoms with E-state index in [0.717, 1.165) is 21.1 Å². The number of nitrogens with zero attached hydrogens (tertiary/aromatic N) is 2. The molecule has 4 N–H and O–H groups in total.